The van der Waals surface area contributed by atoms with E-state index in [1.165, 1.54) is 5.56 Å². The molecule has 2 aliphatic rings. The van der Waals surface area contributed by atoms with Crippen molar-refractivity contribution in [2.24, 2.45) is 0 Å². The molecule has 0 radical (unpaired) electrons. The summed E-state index contributed by atoms with van der Waals surface area (Å²) in [6, 6.07) is 10.8. The zero-order valence-corrected chi connectivity index (χ0v) is 13.0. The van der Waals surface area contributed by atoms with Crippen molar-refractivity contribution in [3.05, 3.63) is 35.9 Å². The minimum absolute atomic E-state index is 0.00828. The standard InChI is InChI=1S/C17H25N3O/c1-3-20(2)17(14-7-5-4-6-8-14)11-9-16(10-12-17)13-18-15(21)19-16/h4-8H,3,9-13H2,1-2H3,(H2,18,19,21). The first-order chi connectivity index (χ1) is 10.1. The molecule has 1 spiro atoms. The molecule has 114 valence electrons. The topological polar surface area (TPSA) is 44.4 Å². The van der Waals surface area contributed by atoms with Crippen LogP contribution < -0.4 is 10.6 Å². The lowest BCUT2D eigenvalue weighted by Crippen LogP contribution is -2.54. The van der Waals surface area contributed by atoms with E-state index in [9.17, 15) is 4.79 Å². The zero-order chi connectivity index (χ0) is 14.9. The van der Waals surface area contributed by atoms with Gasteiger partial charge in [0.1, 0.15) is 0 Å². The summed E-state index contributed by atoms with van der Waals surface area (Å²) in [5.41, 5.74) is 1.49. The fourth-order valence-electron chi connectivity index (χ4n) is 3.96. The van der Waals surface area contributed by atoms with Crippen LogP contribution in [-0.2, 0) is 5.54 Å². The molecule has 0 aromatic heterocycles. The van der Waals surface area contributed by atoms with E-state index in [1.54, 1.807) is 0 Å². The first kappa shape index (κ1) is 14.4. The van der Waals surface area contributed by atoms with Crippen molar-refractivity contribution in [2.75, 3.05) is 20.1 Å². The Morgan fingerprint density at radius 1 is 1.14 bits per heavy atom. The monoisotopic (exact) mass is 287 g/mol. The molecule has 1 aliphatic carbocycles. The smallest absolute Gasteiger partial charge is 0.315 e. The SMILES string of the molecule is CCN(C)C1(c2ccccc2)CCC2(CC1)CNC(=O)N2. The van der Waals surface area contributed by atoms with E-state index in [-0.39, 0.29) is 17.1 Å². The Bertz CT molecular complexity index is 506. The number of benzene rings is 1. The van der Waals surface area contributed by atoms with Gasteiger partial charge in [-0.05, 0) is 44.8 Å². The highest BCUT2D eigenvalue weighted by Gasteiger charge is 2.48. The average molecular weight is 287 g/mol. The van der Waals surface area contributed by atoms with E-state index in [0.717, 1.165) is 38.8 Å². The molecule has 3 rings (SSSR count). The highest BCUT2D eigenvalue weighted by Crippen LogP contribution is 2.45. The predicted octanol–water partition coefficient (Wildman–Crippen LogP) is 2.46. The maximum absolute atomic E-state index is 11.5. The van der Waals surface area contributed by atoms with Crippen molar-refractivity contribution in [1.29, 1.82) is 0 Å². The summed E-state index contributed by atoms with van der Waals surface area (Å²) in [7, 11) is 2.22. The number of urea groups is 1. The molecule has 21 heavy (non-hydrogen) atoms. The summed E-state index contributed by atoms with van der Waals surface area (Å²) >= 11 is 0. The number of nitrogens with zero attached hydrogens (tertiary/aromatic N) is 1. The Labute approximate surface area is 126 Å². The molecule has 0 unspecified atom stereocenters. The third-order valence-corrected chi connectivity index (χ3v) is 5.52. The average Bonchev–Trinajstić information content (AvgIpc) is 2.89. The van der Waals surface area contributed by atoms with E-state index in [0.29, 0.717) is 0 Å². The van der Waals surface area contributed by atoms with Crippen molar-refractivity contribution in [2.45, 2.75) is 43.7 Å². The summed E-state index contributed by atoms with van der Waals surface area (Å²) in [6.45, 7) is 4.02. The first-order valence-electron chi connectivity index (χ1n) is 7.93. The fraction of sp³-hybridized carbons (Fsp3) is 0.588. The number of hydrogen-bond donors (Lipinski definition) is 2. The van der Waals surface area contributed by atoms with Gasteiger partial charge in [-0.1, -0.05) is 37.3 Å². The molecule has 0 atom stereocenters. The normalized spacial score (nSPS) is 32.2. The quantitative estimate of drug-likeness (QED) is 0.897. The lowest BCUT2D eigenvalue weighted by molar-refractivity contribution is 0.0491. The predicted molar refractivity (Wildman–Crippen MR) is 84.2 cm³/mol. The van der Waals surface area contributed by atoms with E-state index in [4.69, 9.17) is 0 Å². The van der Waals surface area contributed by atoms with E-state index in [2.05, 4.69) is 59.8 Å². The summed E-state index contributed by atoms with van der Waals surface area (Å²) < 4.78 is 0. The number of hydrogen-bond acceptors (Lipinski definition) is 2. The molecular formula is C17H25N3O. The van der Waals surface area contributed by atoms with E-state index >= 15 is 0 Å². The third kappa shape index (κ3) is 2.42. The number of amides is 2. The largest absolute Gasteiger partial charge is 0.336 e. The van der Waals surface area contributed by atoms with Gasteiger partial charge < -0.3 is 10.6 Å². The third-order valence-electron chi connectivity index (χ3n) is 5.52. The van der Waals surface area contributed by atoms with Crippen molar-refractivity contribution >= 4 is 6.03 Å². The van der Waals surface area contributed by atoms with Crippen LogP contribution in [0.4, 0.5) is 4.79 Å². The van der Waals surface area contributed by atoms with Gasteiger partial charge in [-0.2, -0.15) is 0 Å². The summed E-state index contributed by atoms with van der Waals surface area (Å²) in [4.78, 5) is 14.0. The molecule has 0 bridgehead atoms. The second kappa shape index (κ2) is 5.34. The second-order valence-electron chi connectivity index (χ2n) is 6.50. The first-order valence-corrected chi connectivity index (χ1v) is 7.93. The zero-order valence-electron chi connectivity index (χ0n) is 13.0. The van der Waals surface area contributed by atoms with Crippen LogP contribution in [0, 0.1) is 0 Å². The molecule has 1 aromatic carbocycles. The van der Waals surface area contributed by atoms with Gasteiger partial charge in [0.05, 0.1) is 5.54 Å². The van der Waals surface area contributed by atoms with Crippen molar-refractivity contribution in [3.8, 4) is 0 Å². The lowest BCUT2D eigenvalue weighted by atomic mass is 9.68. The van der Waals surface area contributed by atoms with Crippen molar-refractivity contribution in [1.82, 2.24) is 15.5 Å². The van der Waals surface area contributed by atoms with Crippen LogP contribution >= 0.6 is 0 Å². The molecular weight excluding hydrogens is 262 g/mol. The van der Waals surface area contributed by atoms with Crippen molar-refractivity contribution < 1.29 is 4.79 Å². The Morgan fingerprint density at radius 2 is 1.81 bits per heavy atom. The summed E-state index contributed by atoms with van der Waals surface area (Å²) in [6.07, 6.45) is 4.24. The van der Waals surface area contributed by atoms with Crippen LogP contribution in [0.15, 0.2) is 30.3 Å². The molecule has 1 heterocycles. The van der Waals surface area contributed by atoms with Crippen LogP contribution in [-0.4, -0.2) is 36.6 Å². The van der Waals surface area contributed by atoms with Crippen LogP contribution in [0.3, 0.4) is 0 Å². The van der Waals surface area contributed by atoms with Crippen molar-refractivity contribution in [3.63, 3.8) is 0 Å². The van der Waals surface area contributed by atoms with Gasteiger partial charge in [0.15, 0.2) is 0 Å². The van der Waals surface area contributed by atoms with Crippen LogP contribution in [0.2, 0.25) is 0 Å². The molecule has 1 aromatic rings. The number of carbonyl (C=O) groups excluding carboxylic acids is 1. The maximum Gasteiger partial charge on any atom is 0.315 e. The molecule has 1 saturated carbocycles. The van der Waals surface area contributed by atoms with E-state index in [1.807, 2.05) is 0 Å². The maximum atomic E-state index is 11.5. The Morgan fingerprint density at radius 3 is 2.33 bits per heavy atom. The minimum atomic E-state index is -0.0239. The van der Waals surface area contributed by atoms with Gasteiger partial charge in [0, 0.05) is 12.1 Å². The molecule has 4 heteroatoms. The molecule has 4 nitrogen and oxygen atoms in total. The van der Waals surface area contributed by atoms with Gasteiger partial charge in [-0.3, -0.25) is 4.90 Å². The highest BCUT2D eigenvalue weighted by atomic mass is 16.2. The minimum Gasteiger partial charge on any atom is -0.336 e. The van der Waals surface area contributed by atoms with Crippen LogP contribution in [0.25, 0.3) is 0 Å². The molecule has 2 fully saturated rings. The number of carbonyl (C=O) groups is 1. The summed E-state index contributed by atoms with van der Waals surface area (Å²) in [5.74, 6) is 0. The van der Waals surface area contributed by atoms with Crippen LogP contribution in [0.5, 0.6) is 0 Å². The molecule has 1 aliphatic heterocycles. The molecule has 2 amide bonds. The fourth-order valence-corrected chi connectivity index (χ4v) is 3.96. The van der Waals surface area contributed by atoms with Gasteiger partial charge in [-0.25, -0.2) is 4.79 Å². The van der Waals surface area contributed by atoms with Gasteiger partial charge in [-0.15, -0.1) is 0 Å². The summed E-state index contributed by atoms with van der Waals surface area (Å²) in [5, 5.41) is 6.07. The Hall–Kier alpha value is -1.55. The van der Waals surface area contributed by atoms with Gasteiger partial charge >= 0.3 is 6.03 Å². The van der Waals surface area contributed by atoms with Gasteiger partial charge in [0.2, 0.25) is 0 Å². The Kier molecular flexibility index (Phi) is 3.66. The lowest BCUT2D eigenvalue weighted by Gasteiger charge is -2.49. The Balaban J connectivity index is 1.85. The van der Waals surface area contributed by atoms with E-state index < -0.39 is 0 Å². The molecule has 2 N–H and O–H groups in total. The van der Waals surface area contributed by atoms with Crippen LogP contribution in [0.1, 0.15) is 38.2 Å². The highest BCUT2D eigenvalue weighted by molar-refractivity contribution is 5.77. The number of nitrogens with one attached hydrogen (secondary N) is 2. The molecule has 1 saturated heterocycles. The number of rotatable bonds is 3. The van der Waals surface area contributed by atoms with Gasteiger partial charge in [0.25, 0.3) is 0 Å². The second-order valence-corrected chi connectivity index (χ2v) is 6.50.